The summed E-state index contributed by atoms with van der Waals surface area (Å²) in [4.78, 5) is 22.6. The molecule has 0 bridgehead atoms. The van der Waals surface area contributed by atoms with Gasteiger partial charge in [0, 0.05) is 21.4 Å². The van der Waals surface area contributed by atoms with E-state index in [-0.39, 0.29) is 17.8 Å². The highest BCUT2D eigenvalue weighted by Crippen LogP contribution is 2.32. The quantitative estimate of drug-likeness (QED) is 0.374. The minimum Gasteiger partial charge on any atom is -0.294 e. The number of ketones is 1. The maximum atomic E-state index is 12.9. The van der Waals surface area contributed by atoms with Gasteiger partial charge in [-0.3, -0.25) is 14.9 Å². The normalized spacial score (nSPS) is 12.6. The van der Waals surface area contributed by atoms with Gasteiger partial charge < -0.3 is 0 Å². The number of carbonyl (C=O) groups is 1. The second-order valence-corrected chi connectivity index (χ2v) is 6.39. The smallest absolute Gasteiger partial charge is 0.294 e. The number of carbonyl (C=O) groups excluding carboxylic acids is 1. The van der Waals surface area contributed by atoms with Gasteiger partial charge in [0.15, 0.2) is 5.78 Å². The van der Waals surface area contributed by atoms with Crippen LogP contribution in [0.2, 0.25) is 0 Å². The molecule has 8 heteroatoms. The molecule has 0 aliphatic heterocycles. The number of hydrogen-bond donors (Lipinski definition) is 0. The van der Waals surface area contributed by atoms with E-state index in [9.17, 15) is 28.1 Å². The largest absolute Gasteiger partial charge is 0.416 e. The fourth-order valence-electron chi connectivity index (χ4n) is 2.41. The van der Waals surface area contributed by atoms with Gasteiger partial charge in [-0.15, -0.1) is 0 Å². The van der Waals surface area contributed by atoms with Crippen LogP contribution in [-0.4, -0.2) is 17.3 Å². The fraction of sp³-hybridized carbons (Fsp3) is 0.235. The van der Waals surface area contributed by atoms with E-state index >= 15 is 0 Å². The predicted molar refractivity (Wildman–Crippen MR) is 89.1 cm³/mol. The third-order valence-electron chi connectivity index (χ3n) is 3.65. The van der Waals surface area contributed by atoms with E-state index in [1.54, 1.807) is 24.3 Å². The molecule has 0 amide bonds. The van der Waals surface area contributed by atoms with Gasteiger partial charge >= 0.3 is 6.18 Å². The fourth-order valence-corrected chi connectivity index (χ4v) is 2.68. The van der Waals surface area contributed by atoms with Crippen LogP contribution < -0.4 is 0 Å². The average Bonchev–Trinajstić information content (AvgIpc) is 2.53. The summed E-state index contributed by atoms with van der Waals surface area (Å²) in [6.45, 7) is -0.621. The lowest BCUT2D eigenvalue weighted by molar-refractivity contribution is -0.483. The highest BCUT2D eigenvalue weighted by molar-refractivity contribution is 9.10. The standard InChI is InChI=1S/C17H13BrF3NO3/c18-15-6-4-11(5-7-15)16(23)9-13(10-22(24)25)12-2-1-3-14(8-12)17(19,20)21/h1-8,13H,9-10H2. The van der Waals surface area contributed by atoms with E-state index in [2.05, 4.69) is 15.9 Å². The number of alkyl halides is 3. The van der Waals surface area contributed by atoms with Gasteiger partial charge in [0.1, 0.15) is 0 Å². The molecule has 0 saturated heterocycles. The number of halogens is 4. The molecular formula is C17H13BrF3NO3. The van der Waals surface area contributed by atoms with Gasteiger partial charge in [0.25, 0.3) is 0 Å². The van der Waals surface area contributed by atoms with Crippen molar-refractivity contribution in [3.8, 4) is 0 Å². The molecule has 0 aromatic heterocycles. The van der Waals surface area contributed by atoms with Gasteiger partial charge in [-0.2, -0.15) is 13.2 Å². The lowest BCUT2D eigenvalue weighted by Gasteiger charge is -2.15. The predicted octanol–water partition coefficient (Wildman–Crippen LogP) is 5.10. The van der Waals surface area contributed by atoms with Crippen molar-refractivity contribution in [1.29, 1.82) is 0 Å². The van der Waals surface area contributed by atoms with E-state index < -0.39 is 29.1 Å². The van der Waals surface area contributed by atoms with Crippen LogP contribution in [-0.2, 0) is 6.18 Å². The van der Waals surface area contributed by atoms with Crippen molar-refractivity contribution in [2.75, 3.05) is 6.54 Å². The summed E-state index contributed by atoms with van der Waals surface area (Å²) in [6.07, 6.45) is -4.80. The number of rotatable bonds is 6. The zero-order valence-corrected chi connectivity index (χ0v) is 14.4. The molecule has 0 heterocycles. The van der Waals surface area contributed by atoms with Crippen LogP contribution in [0.1, 0.15) is 33.8 Å². The van der Waals surface area contributed by atoms with Gasteiger partial charge in [-0.05, 0) is 23.8 Å². The Morgan fingerprint density at radius 1 is 1.16 bits per heavy atom. The van der Waals surface area contributed by atoms with Crippen LogP contribution in [0.15, 0.2) is 53.0 Å². The van der Waals surface area contributed by atoms with E-state index in [1.165, 1.54) is 12.1 Å². The lowest BCUT2D eigenvalue weighted by Crippen LogP contribution is -2.17. The average molecular weight is 416 g/mol. The molecule has 0 aliphatic carbocycles. The molecule has 1 unspecified atom stereocenters. The topological polar surface area (TPSA) is 60.2 Å². The van der Waals surface area contributed by atoms with E-state index in [4.69, 9.17) is 0 Å². The van der Waals surface area contributed by atoms with Crippen LogP contribution in [0.5, 0.6) is 0 Å². The van der Waals surface area contributed by atoms with E-state index in [0.717, 1.165) is 16.6 Å². The van der Waals surface area contributed by atoms with Crippen LogP contribution in [0.25, 0.3) is 0 Å². The van der Waals surface area contributed by atoms with Crippen molar-refractivity contribution in [2.45, 2.75) is 18.5 Å². The molecular weight excluding hydrogens is 403 g/mol. The van der Waals surface area contributed by atoms with E-state index in [1.807, 2.05) is 0 Å². The van der Waals surface area contributed by atoms with Crippen molar-refractivity contribution in [1.82, 2.24) is 0 Å². The summed E-state index contributed by atoms with van der Waals surface area (Å²) < 4.78 is 39.3. The first-order valence-electron chi connectivity index (χ1n) is 7.24. The van der Waals surface area contributed by atoms with Gasteiger partial charge in [-0.1, -0.05) is 46.3 Å². The van der Waals surface area contributed by atoms with Crippen molar-refractivity contribution in [3.05, 3.63) is 79.8 Å². The Balaban J connectivity index is 2.28. The Hall–Kier alpha value is -2.22. The Bertz CT molecular complexity index is 775. The van der Waals surface area contributed by atoms with Crippen LogP contribution >= 0.6 is 15.9 Å². The molecule has 132 valence electrons. The number of benzene rings is 2. The zero-order chi connectivity index (χ0) is 18.6. The highest BCUT2D eigenvalue weighted by atomic mass is 79.9. The van der Waals surface area contributed by atoms with Gasteiger partial charge in [0.2, 0.25) is 6.54 Å². The minimum atomic E-state index is -4.55. The molecule has 1 atom stereocenters. The van der Waals surface area contributed by atoms with Gasteiger partial charge in [0.05, 0.1) is 11.5 Å². The number of hydrogen-bond acceptors (Lipinski definition) is 3. The van der Waals surface area contributed by atoms with Crippen molar-refractivity contribution in [3.63, 3.8) is 0 Å². The van der Waals surface area contributed by atoms with Crippen molar-refractivity contribution in [2.24, 2.45) is 0 Å². The maximum absolute atomic E-state index is 12.9. The second-order valence-electron chi connectivity index (χ2n) is 5.47. The lowest BCUT2D eigenvalue weighted by atomic mass is 9.90. The molecule has 2 aromatic rings. The Labute approximate surface area is 149 Å². The van der Waals surface area contributed by atoms with E-state index in [0.29, 0.717) is 5.56 Å². The third-order valence-corrected chi connectivity index (χ3v) is 4.18. The number of nitro groups is 1. The molecule has 4 nitrogen and oxygen atoms in total. The van der Waals surface area contributed by atoms with Crippen LogP contribution in [0.3, 0.4) is 0 Å². The maximum Gasteiger partial charge on any atom is 0.416 e. The first-order chi connectivity index (χ1) is 11.7. The van der Waals surface area contributed by atoms with Crippen molar-refractivity contribution >= 4 is 21.7 Å². The number of nitrogens with zero attached hydrogens (tertiary/aromatic N) is 1. The number of Topliss-reactive ketones (excluding diaryl/α,β-unsaturated/α-hetero) is 1. The molecule has 2 rings (SSSR count). The summed E-state index contributed by atoms with van der Waals surface area (Å²) in [5.74, 6) is -1.30. The summed E-state index contributed by atoms with van der Waals surface area (Å²) in [7, 11) is 0. The first kappa shape index (κ1) is 19.1. The summed E-state index contributed by atoms with van der Waals surface area (Å²) >= 11 is 3.23. The van der Waals surface area contributed by atoms with Crippen molar-refractivity contribution < 1.29 is 22.9 Å². The monoisotopic (exact) mass is 415 g/mol. The molecule has 0 radical (unpaired) electrons. The SMILES string of the molecule is O=C(CC(C[N+](=O)[O-])c1cccc(C(F)(F)F)c1)c1ccc(Br)cc1. The Kier molecular flexibility index (Phi) is 5.94. The summed E-state index contributed by atoms with van der Waals surface area (Å²) in [6, 6.07) is 10.7. The Morgan fingerprint density at radius 3 is 2.36 bits per heavy atom. The molecule has 0 fully saturated rings. The molecule has 0 spiro atoms. The summed E-state index contributed by atoms with van der Waals surface area (Å²) in [5, 5.41) is 10.9. The summed E-state index contributed by atoms with van der Waals surface area (Å²) in [5.41, 5.74) is -0.421. The van der Waals surface area contributed by atoms with Crippen LogP contribution in [0, 0.1) is 10.1 Å². The Morgan fingerprint density at radius 2 is 1.80 bits per heavy atom. The van der Waals surface area contributed by atoms with Crippen LogP contribution in [0.4, 0.5) is 13.2 Å². The molecule has 2 aromatic carbocycles. The minimum absolute atomic E-state index is 0.122. The molecule has 0 saturated carbocycles. The third kappa shape index (κ3) is 5.38. The van der Waals surface area contributed by atoms with Gasteiger partial charge in [-0.25, -0.2) is 0 Å². The zero-order valence-electron chi connectivity index (χ0n) is 12.8. The molecule has 25 heavy (non-hydrogen) atoms. The molecule has 0 N–H and O–H groups in total. The second kappa shape index (κ2) is 7.77. The molecule has 0 aliphatic rings. The first-order valence-corrected chi connectivity index (χ1v) is 8.04. The highest BCUT2D eigenvalue weighted by Gasteiger charge is 2.32.